The quantitative estimate of drug-likeness (QED) is 0.803. The smallest absolute Gasteiger partial charge is 0.239 e. The third-order valence-electron chi connectivity index (χ3n) is 4.50. The molecule has 1 heterocycles. The fourth-order valence-corrected chi connectivity index (χ4v) is 3.15. The number of nitrogens with one attached hydrogen (secondary N) is 2. The minimum Gasteiger partial charge on any atom is -0.376 e. The Bertz CT molecular complexity index is 673. The van der Waals surface area contributed by atoms with Crippen LogP contribution in [0.25, 0.3) is 0 Å². The molecule has 5 heteroatoms. The van der Waals surface area contributed by atoms with Gasteiger partial charge in [-0.2, -0.15) is 0 Å². The lowest BCUT2D eigenvalue weighted by Crippen LogP contribution is -2.41. The number of ether oxygens (including phenoxy) is 1. The van der Waals surface area contributed by atoms with Crippen LogP contribution in [-0.2, 0) is 14.3 Å². The first-order valence-electron chi connectivity index (χ1n) is 9.00. The molecule has 0 bridgehead atoms. The van der Waals surface area contributed by atoms with Crippen molar-refractivity contribution in [3.63, 3.8) is 0 Å². The van der Waals surface area contributed by atoms with Crippen molar-refractivity contribution in [2.75, 3.05) is 19.7 Å². The van der Waals surface area contributed by atoms with Crippen LogP contribution in [0.3, 0.4) is 0 Å². The van der Waals surface area contributed by atoms with Gasteiger partial charge in [0.25, 0.3) is 0 Å². The summed E-state index contributed by atoms with van der Waals surface area (Å²) < 4.78 is 5.48. The van der Waals surface area contributed by atoms with Crippen LogP contribution < -0.4 is 10.6 Å². The summed E-state index contributed by atoms with van der Waals surface area (Å²) in [7, 11) is 0. The van der Waals surface area contributed by atoms with Gasteiger partial charge in [-0.1, -0.05) is 60.7 Å². The number of carbonyl (C=O) groups excluding carboxylic acids is 2. The van der Waals surface area contributed by atoms with E-state index in [1.807, 2.05) is 60.7 Å². The number of benzene rings is 2. The maximum atomic E-state index is 12.8. The molecule has 0 aliphatic carbocycles. The average molecular weight is 352 g/mol. The Morgan fingerprint density at radius 3 is 2.12 bits per heavy atom. The monoisotopic (exact) mass is 352 g/mol. The minimum atomic E-state index is -0.441. The Morgan fingerprint density at radius 1 is 0.962 bits per heavy atom. The molecule has 1 unspecified atom stereocenters. The fourth-order valence-electron chi connectivity index (χ4n) is 3.15. The molecule has 0 spiro atoms. The summed E-state index contributed by atoms with van der Waals surface area (Å²) in [6, 6.07) is 19.2. The molecule has 2 N–H and O–H groups in total. The van der Waals surface area contributed by atoms with Gasteiger partial charge in [0.1, 0.15) is 0 Å². The molecule has 0 saturated carbocycles. The molecule has 2 amide bonds. The summed E-state index contributed by atoms with van der Waals surface area (Å²) in [6.07, 6.45) is 2.10. The third-order valence-corrected chi connectivity index (χ3v) is 4.50. The lowest BCUT2D eigenvalue weighted by atomic mass is 9.90. The van der Waals surface area contributed by atoms with Crippen molar-refractivity contribution >= 4 is 11.8 Å². The zero-order valence-electron chi connectivity index (χ0n) is 14.7. The molecule has 136 valence electrons. The highest BCUT2D eigenvalue weighted by molar-refractivity contribution is 5.90. The largest absolute Gasteiger partial charge is 0.376 e. The van der Waals surface area contributed by atoms with E-state index in [1.165, 1.54) is 0 Å². The molecule has 0 aromatic heterocycles. The summed E-state index contributed by atoms with van der Waals surface area (Å²) >= 11 is 0. The van der Waals surface area contributed by atoms with Crippen LogP contribution in [0.1, 0.15) is 29.9 Å². The van der Waals surface area contributed by atoms with E-state index in [4.69, 9.17) is 4.74 Å². The van der Waals surface area contributed by atoms with Crippen molar-refractivity contribution in [1.82, 2.24) is 10.6 Å². The van der Waals surface area contributed by atoms with Crippen LogP contribution in [0.2, 0.25) is 0 Å². The Labute approximate surface area is 153 Å². The first kappa shape index (κ1) is 18.1. The fraction of sp³-hybridized carbons (Fsp3) is 0.333. The standard InChI is InChI=1S/C21H24N2O3/c24-19(22-14-18-12-7-13-26-18)15-23-21(25)20(16-8-3-1-4-9-16)17-10-5-2-6-11-17/h1-6,8-11,18,20H,7,12-15H2,(H,22,24)(H,23,25). The Kier molecular flexibility index (Phi) is 6.39. The molecule has 1 aliphatic heterocycles. The van der Waals surface area contributed by atoms with Gasteiger partial charge >= 0.3 is 0 Å². The van der Waals surface area contributed by atoms with Crippen LogP contribution in [-0.4, -0.2) is 37.6 Å². The van der Waals surface area contributed by atoms with Crippen LogP contribution in [0.4, 0.5) is 0 Å². The summed E-state index contributed by atoms with van der Waals surface area (Å²) in [5.41, 5.74) is 1.80. The molecule has 1 atom stereocenters. The predicted molar refractivity (Wildman–Crippen MR) is 99.7 cm³/mol. The van der Waals surface area contributed by atoms with Crippen molar-refractivity contribution in [3.8, 4) is 0 Å². The van der Waals surface area contributed by atoms with Crippen LogP contribution >= 0.6 is 0 Å². The highest BCUT2D eigenvalue weighted by atomic mass is 16.5. The zero-order chi connectivity index (χ0) is 18.2. The molecule has 1 aliphatic rings. The van der Waals surface area contributed by atoms with Crippen LogP contribution in [0, 0.1) is 0 Å². The molecule has 5 nitrogen and oxygen atoms in total. The van der Waals surface area contributed by atoms with Gasteiger partial charge in [-0.25, -0.2) is 0 Å². The first-order valence-corrected chi connectivity index (χ1v) is 9.00. The van der Waals surface area contributed by atoms with Gasteiger partial charge in [-0.15, -0.1) is 0 Å². The zero-order valence-corrected chi connectivity index (χ0v) is 14.7. The average Bonchev–Trinajstić information content (AvgIpc) is 3.20. The molecule has 1 fully saturated rings. The Morgan fingerprint density at radius 2 is 1.58 bits per heavy atom. The number of hydrogen-bond acceptors (Lipinski definition) is 3. The van der Waals surface area contributed by atoms with Crippen molar-refractivity contribution < 1.29 is 14.3 Å². The van der Waals surface area contributed by atoms with Crippen molar-refractivity contribution in [3.05, 3.63) is 71.8 Å². The van der Waals surface area contributed by atoms with Gasteiger partial charge in [-0.05, 0) is 24.0 Å². The molecule has 2 aromatic rings. The summed E-state index contributed by atoms with van der Waals surface area (Å²) in [4.78, 5) is 24.8. The van der Waals surface area contributed by atoms with E-state index < -0.39 is 5.92 Å². The van der Waals surface area contributed by atoms with Gasteiger partial charge in [-0.3, -0.25) is 9.59 Å². The SMILES string of the molecule is O=C(CNC(=O)C(c1ccccc1)c1ccccc1)NCC1CCCO1. The van der Waals surface area contributed by atoms with Crippen molar-refractivity contribution in [2.24, 2.45) is 0 Å². The van der Waals surface area contributed by atoms with Crippen molar-refractivity contribution in [1.29, 1.82) is 0 Å². The third kappa shape index (κ3) is 4.92. The normalized spacial score (nSPS) is 16.4. The summed E-state index contributed by atoms with van der Waals surface area (Å²) in [5.74, 6) is -0.827. The van der Waals surface area contributed by atoms with E-state index >= 15 is 0 Å². The van der Waals surface area contributed by atoms with Gasteiger partial charge in [0, 0.05) is 13.2 Å². The van der Waals surface area contributed by atoms with E-state index in [-0.39, 0.29) is 24.5 Å². The number of rotatable bonds is 7. The van der Waals surface area contributed by atoms with Gasteiger partial charge in [0.05, 0.1) is 18.6 Å². The molecule has 26 heavy (non-hydrogen) atoms. The topological polar surface area (TPSA) is 67.4 Å². The second-order valence-corrected chi connectivity index (χ2v) is 6.41. The number of amides is 2. The first-order chi connectivity index (χ1) is 12.7. The van der Waals surface area contributed by atoms with Crippen molar-refractivity contribution in [2.45, 2.75) is 24.9 Å². The lowest BCUT2D eigenvalue weighted by molar-refractivity contribution is -0.126. The van der Waals surface area contributed by atoms with E-state index in [0.29, 0.717) is 6.54 Å². The van der Waals surface area contributed by atoms with Crippen LogP contribution in [0.15, 0.2) is 60.7 Å². The molecule has 1 saturated heterocycles. The second kappa shape index (κ2) is 9.15. The van der Waals surface area contributed by atoms with E-state index in [2.05, 4.69) is 10.6 Å². The maximum Gasteiger partial charge on any atom is 0.239 e. The van der Waals surface area contributed by atoms with Gasteiger partial charge in [0.15, 0.2) is 0 Å². The maximum absolute atomic E-state index is 12.8. The van der Waals surface area contributed by atoms with E-state index in [0.717, 1.165) is 30.6 Å². The minimum absolute atomic E-state index is 0.0400. The molecular weight excluding hydrogens is 328 g/mol. The van der Waals surface area contributed by atoms with E-state index in [1.54, 1.807) is 0 Å². The Balaban J connectivity index is 1.60. The van der Waals surface area contributed by atoms with E-state index in [9.17, 15) is 9.59 Å². The molecule has 0 radical (unpaired) electrons. The van der Waals surface area contributed by atoms with Gasteiger partial charge < -0.3 is 15.4 Å². The molecule has 2 aromatic carbocycles. The van der Waals surface area contributed by atoms with Crippen LogP contribution in [0.5, 0.6) is 0 Å². The summed E-state index contributed by atoms with van der Waals surface area (Å²) in [6.45, 7) is 1.21. The predicted octanol–water partition coefficient (Wildman–Crippen LogP) is 2.23. The Hall–Kier alpha value is -2.66. The second-order valence-electron chi connectivity index (χ2n) is 6.41. The number of hydrogen-bond donors (Lipinski definition) is 2. The highest BCUT2D eigenvalue weighted by Gasteiger charge is 2.23. The lowest BCUT2D eigenvalue weighted by Gasteiger charge is -2.18. The summed E-state index contributed by atoms with van der Waals surface area (Å²) in [5, 5.41) is 5.58. The molecular formula is C21H24N2O3. The van der Waals surface area contributed by atoms with Gasteiger partial charge in [0.2, 0.25) is 11.8 Å². The highest BCUT2D eigenvalue weighted by Crippen LogP contribution is 2.24. The molecule has 3 rings (SSSR count). The number of carbonyl (C=O) groups is 2.